The molecule has 0 radical (unpaired) electrons. The molecular weight excluding hydrogens is 913 g/mol. The minimum absolute atomic E-state index is 0.116. The van der Waals surface area contributed by atoms with Gasteiger partial charge in [0, 0.05) is 19.3 Å². The van der Waals surface area contributed by atoms with Crippen LogP contribution < -0.4 is 0 Å². The van der Waals surface area contributed by atoms with E-state index in [0.717, 1.165) is 141 Å². The van der Waals surface area contributed by atoms with Gasteiger partial charge in [0.25, 0.3) is 0 Å². The van der Waals surface area contributed by atoms with Crippen molar-refractivity contribution in [3.8, 4) is 0 Å². The van der Waals surface area contributed by atoms with Crippen LogP contribution in [0.15, 0.2) is 146 Å². The highest BCUT2D eigenvalue weighted by Gasteiger charge is 2.19. The molecule has 0 N–H and O–H groups in total. The summed E-state index contributed by atoms with van der Waals surface area (Å²) in [5.41, 5.74) is 0. The summed E-state index contributed by atoms with van der Waals surface area (Å²) in [5, 5.41) is 0. The van der Waals surface area contributed by atoms with Crippen molar-refractivity contribution in [1.82, 2.24) is 0 Å². The van der Waals surface area contributed by atoms with Gasteiger partial charge in [0.05, 0.1) is 0 Å². The topological polar surface area (TPSA) is 78.9 Å². The maximum absolute atomic E-state index is 12.9. The van der Waals surface area contributed by atoms with Crippen molar-refractivity contribution in [2.75, 3.05) is 13.2 Å². The van der Waals surface area contributed by atoms with E-state index in [-0.39, 0.29) is 37.5 Å². The normalized spacial score (nSPS) is 13.2. The number of esters is 3. The molecule has 0 aromatic carbocycles. The van der Waals surface area contributed by atoms with Gasteiger partial charge < -0.3 is 14.2 Å². The van der Waals surface area contributed by atoms with E-state index >= 15 is 0 Å². The molecule has 74 heavy (non-hydrogen) atoms. The van der Waals surface area contributed by atoms with E-state index in [2.05, 4.69) is 167 Å². The number of allylic oxidation sites excluding steroid dienone is 24. The zero-order valence-electron chi connectivity index (χ0n) is 47.5. The quantitative estimate of drug-likeness (QED) is 0.0261. The largest absolute Gasteiger partial charge is 0.462 e. The molecule has 6 nitrogen and oxygen atoms in total. The third kappa shape index (κ3) is 58.2. The molecule has 0 fully saturated rings. The Morgan fingerprint density at radius 3 is 0.878 bits per heavy atom. The van der Waals surface area contributed by atoms with E-state index in [1.54, 1.807) is 0 Å². The molecule has 0 aromatic rings. The third-order valence-corrected chi connectivity index (χ3v) is 12.1. The molecule has 1 unspecified atom stereocenters. The second kappa shape index (κ2) is 60.8. The average Bonchev–Trinajstić information content (AvgIpc) is 3.40. The SMILES string of the molecule is CC/C=C\C/C=C\C/C=C\C/C=C\C/C=C\C/C=C\C/C=C\C/C=C\CCCCC(=O)OCC(COC(=O)CCCCC/C=C\C/C=C\C/C=C\CC)OC(=O)CCCCCCC/C=C\CCCCCCCCC. The summed E-state index contributed by atoms with van der Waals surface area (Å²) < 4.78 is 16.8. The van der Waals surface area contributed by atoms with Crippen LogP contribution >= 0.6 is 0 Å². The Bertz CT molecular complexity index is 1640. The van der Waals surface area contributed by atoms with Crippen molar-refractivity contribution in [1.29, 1.82) is 0 Å². The molecule has 1 atom stereocenters. The first-order valence-corrected chi connectivity index (χ1v) is 29.8. The summed E-state index contributed by atoms with van der Waals surface area (Å²) >= 11 is 0. The smallest absolute Gasteiger partial charge is 0.306 e. The van der Waals surface area contributed by atoms with Crippen LogP contribution in [-0.4, -0.2) is 37.2 Å². The number of carbonyl (C=O) groups is 3. The van der Waals surface area contributed by atoms with Crippen molar-refractivity contribution < 1.29 is 28.6 Å². The summed E-state index contributed by atoms with van der Waals surface area (Å²) in [5.74, 6) is -1.00. The lowest BCUT2D eigenvalue weighted by atomic mass is 10.1. The second-order valence-electron chi connectivity index (χ2n) is 19.1. The van der Waals surface area contributed by atoms with Gasteiger partial charge in [0.15, 0.2) is 6.10 Å². The van der Waals surface area contributed by atoms with E-state index in [4.69, 9.17) is 14.2 Å². The molecule has 0 aromatic heterocycles. The highest BCUT2D eigenvalue weighted by Crippen LogP contribution is 2.13. The summed E-state index contributed by atoms with van der Waals surface area (Å²) in [6.07, 6.45) is 87.1. The Morgan fingerprint density at radius 1 is 0.284 bits per heavy atom. The van der Waals surface area contributed by atoms with Crippen LogP contribution in [0.3, 0.4) is 0 Å². The molecule has 0 saturated heterocycles. The van der Waals surface area contributed by atoms with Gasteiger partial charge in [-0.05, 0) is 141 Å². The van der Waals surface area contributed by atoms with Crippen molar-refractivity contribution in [2.24, 2.45) is 0 Å². The molecule has 416 valence electrons. The molecule has 0 spiro atoms. The fourth-order valence-corrected chi connectivity index (χ4v) is 7.64. The van der Waals surface area contributed by atoms with Gasteiger partial charge in [-0.25, -0.2) is 0 Å². The van der Waals surface area contributed by atoms with E-state index in [0.29, 0.717) is 19.3 Å². The predicted molar refractivity (Wildman–Crippen MR) is 320 cm³/mol. The molecule has 0 saturated carbocycles. The molecule has 0 aliphatic carbocycles. The van der Waals surface area contributed by atoms with Crippen molar-refractivity contribution >= 4 is 17.9 Å². The van der Waals surface area contributed by atoms with Gasteiger partial charge in [-0.3, -0.25) is 14.4 Å². The van der Waals surface area contributed by atoms with E-state index < -0.39 is 6.10 Å². The Hall–Kier alpha value is -4.71. The third-order valence-electron chi connectivity index (χ3n) is 12.1. The summed E-state index contributed by atoms with van der Waals surface area (Å²) in [7, 11) is 0. The van der Waals surface area contributed by atoms with Gasteiger partial charge in [0.2, 0.25) is 0 Å². The fourth-order valence-electron chi connectivity index (χ4n) is 7.64. The monoisotopic (exact) mass is 1020 g/mol. The maximum atomic E-state index is 12.9. The van der Waals surface area contributed by atoms with Crippen LogP contribution in [-0.2, 0) is 28.6 Å². The fraction of sp³-hybridized carbons (Fsp3) is 0.603. The van der Waals surface area contributed by atoms with Gasteiger partial charge in [0.1, 0.15) is 13.2 Å². The number of carbonyl (C=O) groups excluding carboxylic acids is 3. The molecular formula is C68H108O6. The highest BCUT2D eigenvalue weighted by atomic mass is 16.6. The zero-order valence-corrected chi connectivity index (χ0v) is 47.5. The van der Waals surface area contributed by atoms with Crippen LogP contribution in [0.1, 0.15) is 245 Å². The lowest BCUT2D eigenvalue weighted by Gasteiger charge is -2.18. The number of unbranched alkanes of at least 4 members (excludes halogenated alkanes) is 17. The Kier molecular flexibility index (Phi) is 57.0. The molecule has 0 rings (SSSR count). The first-order chi connectivity index (χ1) is 36.5. The number of rotatable bonds is 52. The summed E-state index contributed by atoms with van der Waals surface area (Å²) in [6, 6.07) is 0. The second-order valence-corrected chi connectivity index (χ2v) is 19.1. The molecule has 0 heterocycles. The minimum atomic E-state index is -0.819. The zero-order chi connectivity index (χ0) is 53.6. The Balaban J connectivity index is 4.47. The van der Waals surface area contributed by atoms with E-state index in [9.17, 15) is 14.4 Å². The lowest BCUT2D eigenvalue weighted by molar-refractivity contribution is -0.167. The Morgan fingerprint density at radius 2 is 0.527 bits per heavy atom. The van der Waals surface area contributed by atoms with E-state index in [1.807, 2.05) is 0 Å². The summed E-state index contributed by atoms with van der Waals surface area (Å²) in [4.78, 5) is 38.2. The van der Waals surface area contributed by atoms with Crippen molar-refractivity contribution in [3.05, 3.63) is 146 Å². The molecule has 6 heteroatoms. The standard InChI is InChI=1S/C68H108O6/c1-4-7-10-13-16-19-22-25-27-29-30-31-32-33-34-35-36-37-38-39-41-43-46-49-52-55-58-61-67(70)73-64-65(63-72-66(69)60-57-54-51-48-45-42-24-21-18-15-12-9-6-3)74-68(71)62-59-56-53-50-47-44-40-28-26-23-20-17-14-11-8-5-2/h7,9-10,12,16,18-19,21,25,27-28,30-31,33-34,36-37,39-42,45-46,49,65H,4-6,8,11,13-15,17,20,22-24,26,29,32,35,38,43-44,47-48,50-64H2,1-3H3/b10-7-,12-9-,19-16-,21-18-,27-25-,31-30-,34-33-,37-36-,40-28-,41-39-,45-42-,49-46-. The lowest BCUT2D eigenvalue weighted by Crippen LogP contribution is -2.30. The number of ether oxygens (including phenoxy) is 3. The van der Waals surface area contributed by atoms with Gasteiger partial charge in [-0.15, -0.1) is 0 Å². The van der Waals surface area contributed by atoms with Crippen LogP contribution in [0.5, 0.6) is 0 Å². The summed E-state index contributed by atoms with van der Waals surface area (Å²) in [6.45, 7) is 6.33. The average molecular weight is 1020 g/mol. The van der Waals surface area contributed by atoms with Crippen LogP contribution in [0.25, 0.3) is 0 Å². The highest BCUT2D eigenvalue weighted by molar-refractivity contribution is 5.71. The maximum Gasteiger partial charge on any atom is 0.306 e. The van der Waals surface area contributed by atoms with Gasteiger partial charge >= 0.3 is 17.9 Å². The number of hydrogen-bond acceptors (Lipinski definition) is 6. The predicted octanol–water partition coefficient (Wildman–Crippen LogP) is 20.4. The van der Waals surface area contributed by atoms with Crippen LogP contribution in [0.2, 0.25) is 0 Å². The van der Waals surface area contributed by atoms with Crippen LogP contribution in [0.4, 0.5) is 0 Å². The Labute approximate surface area is 455 Å². The van der Waals surface area contributed by atoms with Crippen LogP contribution in [0, 0.1) is 0 Å². The minimum Gasteiger partial charge on any atom is -0.462 e. The van der Waals surface area contributed by atoms with Gasteiger partial charge in [-0.2, -0.15) is 0 Å². The number of hydrogen-bond donors (Lipinski definition) is 0. The first kappa shape index (κ1) is 69.3. The van der Waals surface area contributed by atoms with Crippen molar-refractivity contribution in [3.63, 3.8) is 0 Å². The van der Waals surface area contributed by atoms with E-state index in [1.165, 1.54) is 57.8 Å². The van der Waals surface area contributed by atoms with Gasteiger partial charge in [-0.1, -0.05) is 231 Å². The van der Waals surface area contributed by atoms with Crippen molar-refractivity contribution in [2.45, 2.75) is 252 Å². The molecule has 0 bridgehead atoms. The molecule has 0 aliphatic heterocycles. The molecule has 0 aliphatic rings. The molecule has 0 amide bonds. The first-order valence-electron chi connectivity index (χ1n) is 29.8.